The van der Waals surface area contributed by atoms with Gasteiger partial charge < -0.3 is 18.9 Å². The summed E-state index contributed by atoms with van der Waals surface area (Å²) in [7, 11) is -10.4. The number of ether oxygens (including phenoxy) is 4. The molecule has 4 aromatic carbocycles. The standard InChI is InChI=1S/C36H26F3I4NO12S2/c37-36(38,39)58(51,52)44-33(45)17-13-23(40)31(24(41)14-17)54-10-12-56-35(47)30-28-21-7-3-1-5-19(21)27(20-6-2-4-8-22(20)28)29(30)34(46)55-11-9-53-18-15-25(42)32(26(43)16-18)57(48,49)50/h1-8,13-16,27-30H,9-12H2,(H,44,45)(H,48,49,50). The Balaban J connectivity index is 1.16. The second kappa shape index (κ2) is 17.8. The lowest BCUT2D eigenvalue weighted by Gasteiger charge is -2.48. The van der Waals surface area contributed by atoms with Crippen molar-refractivity contribution in [1.29, 1.82) is 0 Å². The van der Waals surface area contributed by atoms with E-state index in [1.807, 2.05) is 48.5 Å². The van der Waals surface area contributed by atoms with E-state index in [9.17, 15) is 48.9 Å². The maximum atomic E-state index is 14.1. The van der Waals surface area contributed by atoms with Crippen molar-refractivity contribution in [2.45, 2.75) is 22.2 Å². The van der Waals surface area contributed by atoms with Crippen molar-refractivity contribution in [2.24, 2.45) is 11.8 Å². The molecule has 0 saturated carbocycles. The molecule has 2 atom stereocenters. The largest absolute Gasteiger partial charge is 0.516 e. The van der Waals surface area contributed by atoms with E-state index in [-0.39, 0.29) is 62.7 Å². The maximum Gasteiger partial charge on any atom is 0.516 e. The van der Waals surface area contributed by atoms with E-state index < -0.39 is 67.2 Å². The van der Waals surface area contributed by atoms with E-state index >= 15 is 0 Å². The fourth-order valence-electron chi connectivity index (χ4n) is 6.96. The molecule has 22 heteroatoms. The van der Waals surface area contributed by atoms with Gasteiger partial charge in [-0.05, 0) is 137 Å². The third-order valence-electron chi connectivity index (χ3n) is 9.17. The minimum absolute atomic E-state index is 0.112. The maximum absolute atomic E-state index is 14.1. The molecule has 0 fully saturated rings. The third-order valence-corrected chi connectivity index (χ3v) is 15.2. The van der Waals surface area contributed by atoms with Gasteiger partial charge in [0.15, 0.2) is 0 Å². The number of benzene rings is 4. The molecule has 58 heavy (non-hydrogen) atoms. The van der Waals surface area contributed by atoms with Gasteiger partial charge in [-0.3, -0.25) is 18.9 Å². The average Bonchev–Trinajstić information content (AvgIpc) is 3.13. The van der Waals surface area contributed by atoms with Crippen LogP contribution in [0.5, 0.6) is 11.5 Å². The summed E-state index contributed by atoms with van der Waals surface area (Å²) in [6.07, 6.45) is 0. The first-order valence-electron chi connectivity index (χ1n) is 16.6. The molecule has 3 aliphatic carbocycles. The Morgan fingerprint density at radius 3 is 1.47 bits per heavy atom. The van der Waals surface area contributed by atoms with Crippen molar-refractivity contribution >= 4 is 128 Å². The average molecular weight is 1290 g/mol. The number of esters is 2. The van der Waals surface area contributed by atoms with Gasteiger partial charge in [-0.1, -0.05) is 48.5 Å². The Labute approximate surface area is 383 Å². The lowest BCUT2D eigenvalue weighted by atomic mass is 9.54. The van der Waals surface area contributed by atoms with Crippen LogP contribution in [0.4, 0.5) is 13.2 Å². The van der Waals surface area contributed by atoms with Crippen LogP contribution >= 0.6 is 90.4 Å². The van der Waals surface area contributed by atoms with Gasteiger partial charge >= 0.3 is 27.5 Å². The zero-order valence-corrected chi connectivity index (χ0v) is 39.2. The lowest BCUT2D eigenvalue weighted by molar-refractivity contribution is -0.164. The number of hydrogen-bond donors (Lipinski definition) is 2. The Hall–Kier alpha value is -2.54. The second-order valence-electron chi connectivity index (χ2n) is 12.6. The van der Waals surface area contributed by atoms with Crippen molar-refractivity contribution in [2.75, 3.05) is 26.4 Å². The number of hydrogen-bond acceptors (Lipinski definition) is 11. The highest BCUT2D eigenvalue weighted by Gasteiger charge is 2.56. The van der Waals surface area contributed by atoms with Gasteiger partial charge in [0.2, 0.25) is 0 Å². The van der Waals surface area contributed by atoms with Gasteiger partial charge in [0, 0.05) is 24.5 Å². The first-order chi connectivity index (χ1) is 27.2. The van der Waals surface area contributed by atoms with Crippen LogP contribution in [0.1, 0.15) is 44.4 Å². The van der Waals surface area contributed by atoms with Gasteiger partial charge in [0.1, 0.15) is 42.8 Å². The number of nitrogens with one attached hydrogen (secondary N) is 1. The van der Waals surface area contributed by atoms with E-state index in [0.717, 1.165) is 39.1 Å². The highest BCUT2D eigenvalue weighted by Crippen LogP contribution is 2.58. The SMILES string of the molecule is O=C(NS(=O)(=O)C(F)(F)F)c1cc(I)c(OCCOC(=O)C2C3c4ccccc4C(c4ccccc43)C2C(=O)OCCOc2cc(I)c(S(=O)(=O)O)c(I)c2)c(I)c1. The molecule has 308 valence electrons. The molecule has 2 bridgehead atoms. The molecule has 7 rings (SSSR count). The van der Waals surface area contributed by atoms with Crippen LogP contribution in [0.25, 0.3) is 0 Å². The number of carbonyl (C=O) groups is 3. The van der Waals surface area contributed by atoms with E-state index in [2.05, 4.69) is 0 Å². The molecule has 0 aromatic heterocycles. The Morgan fingerprint density at radius 2 is 1.07 bits per heavy atom. The summed E-state index contributed by atoms with van der Waals surface area (Å²) in [4.78, 5) is 40.2. The number of rotatable bonds is 13. The molecule has 2 unspecified atom stereocenters. The number of sulfonamides is 1. The summed E-state index contributed by atoms with van der Waals surface area (Å²) in [5.41, 5.74) is -2.57. The molecule has 3 aliphatic rings. The Bertz CT molecular complexity index is 2450. The number of amides is 1. The van der Waals surface area contributed by atoms with Gasteiger partial charge in [-0.2, -0.15) is 30.0 Å². The summed E-state index contributed by atoms with van der Waals surface area (Å²) >= 11 is 7.05. The molecular weight excluding hydrogens is 1270 g/mol. The Morgan fingerprint density at radius 1 is 0.655 bits per heavy atom. The van der Waals surface area contributed by atoms with Gasteiger partial charge in [-0.15, -0.1) is 0 Å². The molecule has 2 N–H and O–H groups in total. The fourth-order valence-corrected chi connectivity index (χ4v) is 13.5. The Kier molecular flexibility index (Phi) is 13.8. The first kappa shape index (κ1) is 45.0. The van der Waals surface area contributed by atoms with E-state index in [1.54, 1.807) is 90.4 Å². The number of carbonyl (C=O) groups excluding carboxylic acids is 3. The van der Waals surface area contributed by atoms with Gasteiger partial charge in [-0.25, -0.2) is 4.72 Å². The number of alkyl halides is 3. The first-order valence-corrected chi connectivity index (χ1v) is 23.8. The molecule has 0 heterocycles. The number of fused-ring (bicyclic) bond motifs is 1. The van der Waals surface area contributed by atoms with Crippen LogP contribution in [-0.2, 0) is 39.2 Å². The quantitative estimate of drug-likeness (QED) is 0.0605. The van der Waals surface area contributed by atoms with Crippen molar-refractivity contribution in [3.05, 3.63) is 115 Å². The molecule has 1 amide bonds. The van der Waals surface area contributed by atoms with Crippen molar-refractivity contribution in [3.8, 4) is 11.5 Å². The molecule has 0 spiro atoms. The second-order valence-corrected chi connectivity index (χ2v) is 20.3. The van der Waals surface area contributed by atoms with Crippen LogP contribution in [0, 0.1) is 26.1 Å². The van der Waals surface area contributed by atoms with Crippen LogP contribution in [0.15, 0.2) is 77.7 Å². The fraction of sp³-hybridized carbons (Fsp3) is 0.250. The molecule has 0 radical (unpaired) electrons. The van der Waals surface area contributed by atoms with Crippen LogP contribution in [0.2, 0.25) is 0 Å². The minimum atomic E-state index is -5.93. The van der Waals surface area contributed by atoms with Crippen LogP contribution in [0.3, 0.4) is 0 Å². The van der Waals surface area contributed by atoms with Crippen molar-refractivity contribution < 1.29 is 67.9 Å². The third kappa shape index (κ3) is 9.35. The van der Waals surface area contributed by atoms with Crippen LogP contribution in [-0.4, -0.2) is 71.2 Å². The number of halogens is 7. The molecule has 0 aliphatic heterocycles. The normalized spacial score (nSPS) is 18.4. The summed E-state index contributed by atoms with van der Waals surface area (Å²) in [5, 5.41) is 0. The summed E-state index contributed by atoms with van der Waals surface area (Å²) in [6.45, 7) is -0.804. The zero-order chi connectivity index (χ0) is 42.3. The van der Waals surface area contributed by atoms with E-state index in [4.69, 9.17) is 18.9 Å². The molecule has 13 nitrogen and oxygen atoms in total. The molecule has 0 saturated heterocycles. The minimum Gasteiger partial charge on any atom is -0.490 e. The van der Waals surface area contributed by atoms with E-state index in [1.165, 1.54) is 12.1 Å². The predicted octanol–water partition coefficient (Wildman–Crippen LogP) is 7.00. The van der Waals surface area contributed by atoms with Gasteiger partial charge in [0.05, 0.1) is 19.0 Å². The van der Waals surface area contributed by atoms with Crippen molar-refractivity contribution in [1.82, 2.24) is 4.72 Å². The highest BCUT2D eigenvalue weighted by atomic mass is 127. The smallest absolute Gasteiger partial charge is 0.490 e. The molecule has 4 aromatic rings. The predicted molar refractivity (Wildman–Crippen MR) is 232 cm³/mol. The van der Waals surface area contributed by atoms with Gasteiger partial charge in [0.25, 0.3) is 16.0 Å². The monoisotopic (exact) mass is 1290 g/mol. The summed E-state index contributed by atoms with van der Waals surface area (Å²) in [6, 6.07) is 20.2. The molecular formula is C36H26F3I4NO12S2. The van der Waals surface area contributed by atoms with Crippen LogP contribution < -0.4 is 14.2 Å². The van der Waals surface area contributed by atoms with Crippen molar-refractivity contribution in [3.63, 3.8) is 0 Å². The summed E-state index contributed by atoms with van der Waals surface area (Å²) < 4.78 is 119. The highest BCUT2D eigenvalue weighted by molar-refractivity contribution is 14.1. The summed E-state index contributed by atoms with van der Waals surface area (Å²) in [5.74, 6) is -5.48. The lowest BCUT2D eigenvalue weighted by Crippen LogP contribution is -2.48. The topological polar surface area (TPSA) is 189 Å². The zero-order valence-electron chi connectivity index (χ0n) is 29.0. The van der Waals surface area contributed by atoms with E-state index in [0.29, 0.717) is 0 Å².